The predicted molar refractivity (Wildman–Crippen MR) is 67.5 cm³/mol. The SMILES string of the molecule is CNC(=O)c1ccn(-c2ccc(F)cc2C(C)O)n1. The van der Waals surface area contributed by atoms with Gasteiger partial charge in [0.05, 0.1) is 11.8 Å². The Bertz CT molecular complexity index is 608. The number of nitrogens with one attached hydrogen (secondary N) is 1. The molecule has 0 radical (unpaired) electrons. The van der Waals surface area contributed by atoms with Crippen LogP contribution in [0.3, 0.4) is 0 Å². The second-order valence-electron chi connectivity index (χ2n) is 4.10. The number of hydrogen-bond donors (Lipinski definition) is 2. The fraction of sp³-hybridized carbons (Fsp3) is 0.231. The maximum absolute atomic E-state index is 13.2. The fourth-order valence-corrected chi connectivity index (χ4v) is 1.78. The number of rotatable bonds is 3. The third-order valence-electron chi connectivity index (χ3n) is 2.74. The summed E-state index contributed by atoms with van der Waals surface area (Å²) in [7, 11) is 1.51. The topological polar surface area (TPSA) is 67.2 Å². The fourth-order valence-electron chi connectivity index (χ4n) is 1.78. The molecule has 0 aliphatic rings. The summed E-state index contributed by atoms with van der Waals surface area (Å²) in [5.74, 6) is -0.738. The van der Waals surface area contributed by atoms with E-state index in [1.807, 2.05) is 0 Å². The van der Waals surface area contributed by atoms with Crippen LogP contribution in [-0.4, -0.2) is 27.8 Å². The van der Waals surface area contributed by atoms with Gasteiger partial charge in [-0.1, -0.05) is 0 Å². The zero-order valence-corrected chi connectivity index (χ0v) is 10.6. The average molecular weight is 263 g/mol. The van der Waals surface area contributed by atoms with Gasteiger partial charge in [-0.15, -0.1) is 0 Å². The Morgan fingerprint density at radius 2 is 2.21 bits per heavy atom. The van der Waals surface area contributed by atoms with Crippen molar-refractivity contribution in [3.05, 3.63) is 47.5 Å². The van der Waals surface area contributed by atoms with Crippen LogP contribution in [-0.2, 0) is 0 Å². The minimum absolute atomic E-state index is 0.253. The normalized spacial score (nSPS) is 12.2. The molecule has 2 rings (SSSR count). The summed E-state index contributed by atoms with van der Waals surface area (Å²) in [5.41, 5.74) is 1.20. The van der Waals surface area contributed by atoms with Crippen molar-refractivity contribution in [1.82, 2.24) is 15.1 Å². The van der Waals surface area contributed by atoms with Crippen molar-refractivity contribution in [2.45, 2.75) is 13.0 Å². The minimum Gasteiger partial charge on any atom is -0.389 e. The van der Waals surface area contributed by atoms with Crippen LogP contribution in [0.2, 0.25) is 0 Å². The zero-order valence-electron chi connectivity index (χ0n) is 10.6. The number of amides is 1. The monoisotopic (exact) mass is 263 g/mol. The highest BCUT2D eigenvalue weighted by molar-refractivity contribution is 5.91. The molecule has 1 aromatic carbocycles. The van der Waals surface area contributed by atoms with Gasteiger partial charge >= 0.3 is 0 Å². The molecule has 19 heavy (non-hydrogen) atoms. The molecule has 0 aliphatic heterocycles. The van der Waals surface area contributed by atoms with Gasteiger partial charge in [0.15, 0.2) is 5.69 Å². The number of carbonyl (C=O) groups excluding carboxylic acids is 1. The summed E-state index contributed by atoms with van der Waals surface area (Å²) >= 11 is 0. The first-order valence-electron chi connectivity index (χ1n) is 5.78. The highest BCUT2D eigenvalue weighted by Crippen LogP contribution is 2.22. The Kier molecular flexibility index (Phi) is 3.62. The van der Waals surface area contributed by atoms with Gasteiger partial charge in [-0.2, -0.15) is 5.10 Å². The molecular weight excluding hydrogens is 249 g/mol. The summed E-state index contributed by atoms with van der Waals surface area (Å²) in [6.45, 7) is 1.54. The van der Waals surface area contributed by atoms with E-state index < -0.39 is 11.9 Å². The van der Waals surface area contributed by atoms with Crippen LogP contribution in [0.1, 0.15) is 29.1 Å². The molecular formula is C13H14FN3O2. The van der Waals surface area contributed by atoms with Gasteiger partial charge < -0.3 is 10.4 Å². The third kappa shape index (κ3) is 2.63. The van der Waals surface area contributed by atoms with Crippen molar-refractivity contribution in [1.29, 1.82) is 0 Å². The molecule has 1 unspecified atom stereocenters. The van der Waals surface area contributed by atoms with Crippen molar-refractivity contribution >= 4 is 5.91 Å². The van der Waals surface area contributed by atoms with Gasteiger partial charge in [-0.05, 0) is 31.2 Å². The van der Waals surface area contributed by atoms with E-state index >= 15 is 0 Å². The lowest BCUT2D eigenvalue weighted by atomic mass is 10.1. The molecule has 2 N–H and O–H groups in total. The Balaban J connectivity index is 2.47. The summed E-state index contributed by atoms with van der Waals surface area (Å²) in [4.78, 5) is 11.4. The highest BCUT2D eigenvalue weighted by Gasteiger charge is 2.14. The Hall–Kier alpha value is -2.21. The maximum Gasteiger partial charge on any atom is 0.271 e. The number of aliphatic hydroxyl groups is 1. The summed E-state index contributed by atoms with van der Waals surface area (Å²) in [6.07, 6.45) is 0.752. The van der Waals surface area contributed by atoms with Crippen molar-refractivity contribution in [3.63, 3.8) is 0 Å². The van der Waals surface area contributed by atoms with Gasteiger partial charge in [0.2, 0.25) is 0 Å². The molecule has 1 atom stereocenters. The van der Waals surface area contributed by atoms with Crippen molar-refractivity contribution in [3.8, 4) is 5.69 Å². The number of nitrogens with zero attached hydrogens (tertiary/aromatic N) is 2. The van der Waals surface area contributed by atoms with Crippen LogP contribution < -0.4 is 5.32 Å². The zero-order chi connectivity index (χ0) is 14.0. The van der Waals surface area contributed by atoms with Gasteiger partial charge in [0.1, 0.15) is 5.82 Å². The molecule has 0 spiro atoms. The van der Waals surface area contributed by atoms with Gasteiger partial charge in [-0.3, -0.25) is 4.79 Å². The second kappa shape index (κ2) is 5.19. The van der Waals surface area contributed by atoms with E-state index in [0.29, 0.717) is 11.3 Å². The lowest BCUT2D eigenvalue weighted by molar-refractivity contribution is 0.0957. The van der Waals surface area contributed by atoms with Gasteiger partial charge in [0, 0.05) is 18.8 Å². The molecule has 1 heterocycles. The molecule has 5 nitrogen and oxygen atoms in total. The first-order chi connectivity index (χ1) is 9.02. The lowest BCUT2D eigenvalue weighted by Gasteiger charge is -2.12. The van der Waals surface area contributed by atoms with Crippen LogP contribution in [0.25, 0.3) is 5.69 Å². The molecule has 0 saturated carbocycles. The van der Waals surface area contributed by atoms with Crippen molar-refractivity contribution < 1.29 is 14.3 Å². The lowest BCUT2D eigenvalue weighted by Crippen LogP contribution is -2.18. The van der Waals surface area contributed by atoms with Crippen LogP contribution in [0.5, 0.6) is 0 Å². The predicted octanol–water partition coefficient (Wildman–Crippen LogP) is 1.42. The summed E-state index contributed by atoms with van der Waals surface area (Å²) < 4.78 is 14.6. The number of aliphatic hydroxyl groups excluding tert-OH is 1. The van der Waals surface area contributed by atoms with E-state index in [2.05, 4.69) is 10.4 Å². The van der Waals surface area contributed by atoms with Crippen LogP contribution >= 0.6 is 0 Å². The van der Waals surface area contributed by atoms with E-state index in [1.165, 1.54) is 29.9 Å². The number of halogens is 1. The number of hydrogen-bond acceptors (Lipinski definition) is 3. The first kappa shape index (κ1) is 13.2. The van der Waals surface area contributed by atoms with Crippen molar-refractivity contribution in [2.24, 2.45) is 0 Å². The van der Waals surface area contributed by atoms with E-state index in [9.17, 15) is 14.3 Å². The Morgan fingerprint density at radius 1 is 1.47 bits per heavy atom. The molecule has 0 aliphatic carbocycles. The molecule has 100 valence electrons. The van der Waals surface area contributed by atoms with E-state index in [0.717, 1.165) is 0 Å². The molecule has 0 fully saturated rings. The number of benzene rings is 1. The molecule has 1 amide bonds. The van der Waals surface area contributed by atoms with E-state index in [1.54, 1.807) is 19.2 Å². The highest BCUT2D eigenvalue weighted by atomic mass is 19.1. The number of aromatic nitrogens is 2. The van der Waals surface area contributed by atoms with E-state index in [-0.39, 0.29) is 11.6 Å². The van der Waals surface area contributed by atoms with Crippen molar-refractivity contribution in [2.75, 3.05) is 7.05 Å². The second-order valence-corrected chi connectivity index (χ2v) is 4.10. The van der Waals surface area contributed by atoms with Crippen LogP contribution in [0.4, 0.5) is 4.39 Å². The average Bonchev–Trinajstić information content (AvgIpc) is 2.87. The summed E-state index contributed by atoms with van der Waals surface area (Å²) in [5, 5.41) is 16.2. The Labute approximate surface area is 109 Å². The molecule has 0 bridgehead atoms. The quantitative estimate of drug-likeness (QED) is 0.880. The maximum atomic E-state index is 13.2. The molecule has 6 heteroatoms. The smallest absolute Gasteiger partial charge is 0.271 e. The van der Waals surface area contributed by atoms with Crippen LogP contribution in [0.15, 0.2) is 30.5 Å². The third-order valence-corrected chi connectivity index (χ3v) is 2.74. The standard InChI is InChI=1S/C13H14FN3O2/c1-8(18)10-7-9(14)3-4-12(10)17-6-5-11(16-17)13(19)15-2/h3-8,18H,1-2H3,(H,15,19). The van der Waals surface area contributed by atoms with Crippen LogP contribution in [0, 0.1) is 5.82 Å². The molecule has 0 saturated heterocycles. The van der Waals surface area contributed by atoms with Gasteiger partial charge in [-0.25, -0.2) is 9.07 Å². The molecule has 1 aromatic heterocycles. The molecule has 2 aromatic rings. The first-order valence-corrected chi connectivity index (χ1v) is 5.78. The summed E-state index contributed by atoms with van der Waals surface area (Å²) in [6, 6.07) is 5.59. The minimum atomic E-state index is -0.835. The van der Waals surface area contributed by atoms with E-state index in [4.69, 9.17) is 0 Å². The Morgan fingerprint density at radius 3 is 2.84 bits per heavy atom. The largest absolute Gasteiger partial charge is 0.389 e. The van der Waals surface area contributed by atoms with Gasteiger partial charge in [0.25, 0.3) is 5.91 Å². The number of carbonyl (C=O) groups is 1.